The molecule has 1 atom stereocenters. The van der Waals surface area contributed by atoms with E-state index in [9.17, 15) is 18.0 Å². The third-order valence-corrected chi connectivity index (χ3v) is 8.19. The first kappa shape index (κ1) is 22.6. The Morgan fingerprint density at radius 3 is 2.12 bits per heavy atom. The van der Waals surface area contributed by atoms with Gasteiger partial charge in [0.2, 0.25) is 5.91 Å². The number of carbonyl (C=O) groups excluding carboxylic acids is 1. The Hall–Kier alpha value is -2.21. The summed E-state index contributed by atoms with van der Waals surface area (Å²) < 4.78 is 39.0. The Kier molecular flexibility index (Phi) is 5.63. The average Bonchev–Trinajstić information content (AvgIpc) is 2.74. The van der Waals surface area contributed by atoms with Crippen molar-refractivity contribution in [1.29, 1.82) is 0 Å². The van der Waals surface area contributed by atoms with Gasteiger partial charge >= 0.3 is 6.18 Å². The summed E-state index contributed by atoms with van der Waals surface area (Å²) in [5.74, 6) is 2.17. The normalized spacial score (nSPS) is 29.1. The number of amides is 1. The van der Waals surface area contributed by atoms with Gasteiger partial charge in [0.15, 0.2) is 0 Å². The quantitative estimate of drug-likeness (QED) is 0.476. The molecule has 4 aliphatic carbocycles. The Morgan fingerprint density at radius 1 is 1.00 bits per heavy atom. The summed E-state index contributed by atoms with van der Waals surface area (Å²) in [7, 11) is 0. The minimum atomic E-state index is -4.51. The minimum absolute atomic E-state index is 0.0534. The molecule has 4 aliphatic rings. The lowest BCUT2D eigenvalue weighted by Crippen LogP contribution is -2.48. The Morgan fingerprint density at radius 2 is 1.58 bits per heavy atom. The summed E-state index contributed by atoms with van der Waals surface area (Å²) >= 11 is 6.00. The van der Waals surface area contributed by atoms with Crippen LogP contribution in [0.3, 0.4) is 0 Å². The van der Waals surface area contributed by atoms with Crippen molar-refractivity contribution in [2.75, 3.05) is 10.6 Å². The average molecular weight is 477 g/mol. The number of benzene rings is 2. The summed E-state index contributed by atoms with van der Waals surface area (Å²) in [6.07, 6.45) is 3.59. The molecular weight excluding hydrogens is 449 g/mol. The second-order valence-corrected chi connectivity index (χ2v) is 10.7. The van der Waals surface area contributed by atoms with Crippen LogP contribution in [0.15, 0.2) is 42.5 Å². The van der Waals surface area contributed by atoms with Gasteiger partial charge in [-0.3, -0.25) is 4.79 Å². The van der Waals surface area contributed by atoms with E-state index in [2.05, 4.69) is 22.8 Å². The Balaban J connectivity index is 1.24. The number of alkyl halides is 3. The lowest BCUT2D eigenvalue weighted by Gasteiger charge is -2.57. The first-order chi connectivity index (χ1) is 15.6. The highest BCUT2D eigenvalue weighted by atomic mass is 35.5. The van der Waals surface area contributed by atoms with Crippen LogP contribution in [-0.4, -0.2) is 11.9 Å². The van der Waals surface area contributed by atoms with Crippen molar-refractivity contribution in [1.82, 2.24) is 0 Å². The topological polar surface area (TPSA) is 41.1 Å². The van der Waals surface area contributed by atoms with Gasteiger partial charge in [-0.1, -0.05) is 23.7 Å². The van der Waals surface area contributed by atoms with Crippen LogP contribution in [0.4, 0.5) is 24.5 Å². The largest absolute Gasteiger partial charge is 0.416 e. The van der Waals surface area contributed by atoms with Gasteiger partial charge in [-0.2, -0.15) is 13.2 Å². The lowest BCUT2D eigenvalue weighted by atomic mass is 9.48. The zero-order chi connectivity index (χ0) is 23.4. The van der Waals surface area contributed by atoms with Crippen LogP contribution in [0.5, 0.6) is 0 Å². The second kappa shape index (κ2) is 8.23. The third kappa shape index (κ3) is 4.46. The Labute approximate surface area is 197 Å². The molecule has 4 fully saturated rings. The van der Waals surface area contributed by atoms with E-state index in [1.807, 2.05) is 12.1 Å². The predicted molar refractivity (Wildman–Crippen MR) is 124 cm³/mol. The van der Waals surface area contributed by atoms with E-state index in [1.165, 1.54) is 44.1 Å². The van der Waals surface area contributed by atoms with Crippen molar-refractivity contribution in [2.45, 2.75) is 63.1 Å². The highest BCUT2D eigenvalue weighted by Gasteiger charge is 2.51. The van der Waals surface area contributed by atoms with Crippen LogP contribution in [0.1, 0.15) is 56.6 Å². The Bertz CT molecular complexity index is 1020. The molecule has 0 saturated heterocycles. The van der Waals surface area contributed by atoms with Crippen molar-refractivity contribution in [3.8, 4) is 0 Å². The number of hydrogen-bond acceptors (Lipinski definition) is 2. The van der Waals surface area contributed by atoms with Gasteiger partial charge in [0.25, 0.3) is 0 Å². The van der Waals surface area contributed by atoms with Gasteiger partial charge in [0.05, 0.1) is 16.3 Å². The fourth-order valence-corrected chi connectivity index (χ4v) is 6.90. The van der Waals surface area contributed by atoms with Crippen molar-refractivity contribution >= 4 is 28.9 Å². The molecular formula is C26H28ClF3N2O. The second-order valence-electron chi connectivity index (χ2n) is 10.3. The molecule has 3 nitrogen and oxygen atoms in total. The fourth-order valence-electron chi connectivity index (χ4n) is 6.74. The summed E-state index contributed by atoms with van der Waals surface area (Å²) in [6.45, 7) is 1.67. The maximum atomic E-state index is 13.0. The van der Waals surface area contributed by atoms with E-state index in [4.69, 9.17) is 11.6 Å². The molecule has 0 unspecified atom stereocenters. The van der Waals surface area contributed by atoms with Crippen LogP contribution in [0, 0.1) is 17.8 Å². The van der Waals surface area contributed by atoms with Crippen molar-refractivity contribution in [2.24, 2.45) is 17.8 Å². The molecule has 7 heteroatoms. The van der Waals surface area contributed by atoms with Crippen LogP contribution < -0.4 is 10.6 Å². The van der Waals surface area contributed by atoms with E-state index in [1.54, 1.807) is 6.92 Å². The number of carbonyl (C=O) groups is 1. The molecule has 0 aromatic heterocycles. The number of anilines is 2. The van der Waals surface area contributed by atoms with Gasteiger partial charge in [-0.05, 0) is 105 Å². The molecule has 6 rings (SSSR count). The number of hydrogen-bond donors (Lipinski definition) is 2. The van der Waals surface area contributed by atoms with E-state index in [0.29, 0.717) is 5.41 Å². The van der Waals surface area contributed by atoms with E-state index in [0.717, 1.165) is 41.6 Å². The molecule has 0 spiro atoms. The highest BCUT2D eigenvalue weighted by Crippen LogP contribution is 2.60. The maximum Gasteiger partial charge on any atom is 0.416 e. The molecule has 0 aliphatic heterocycles. The molecule has 0 radical (unpaired) electrons. The third-order valence-electron chi connectivity index (χ3n) is 7.86. The monoisotopic (exact) mass is 476 g/mol. The van der Waals surface area contributed by atoms with Crippen molar-refractivity contribution < 1.29 is 18.0 Å². The molecule has 176 valence electrons. The van der Waals surface area contributed by atoms with Crippen molar-refractivity contribution in [3.63, 3.8) is 0 Å². The molecule has 33 heavy (non-hydrogen) atoms. The number of halogens is 4. The van der Waals surface area contributed by atoms with Crippen LogP contribution in [0.25, 0.3) is 0 Å². The SMILES string of the molecule is C[C@@H](Nc1ccc(C23CC4CC(CC(C4)C2)C3)cc1)C(=O)Nc1cc(C(F)(F)F)ccc1Cl. The molecule has 4 saturated carbocycles. The highest BCUT2D eigenvalue weighted by molar-refractivity contribution is 6.33. The summed E-state index contributed by atoms with van der Waals surface area (Å²) in [6, 6.07) is 10.6. The number of rotatable bonds is 5. The molecule has 2 aromatic carbocycles. The van der Waals surface area contributed by atoms with E-state index >= 15 is 0 Å². The first-order valence-corrected chi connectivity index (χ1v) is 12.0. The zero-order valence-corrected chi connectivity index (χ0v) is 19.3. The first-order valence-electron chi connectivity index (χ1n) is 11.7. The van der Waals surface area contributed by atoms with Gasteiger partial charge in [0, 0.05) is 5.69 Å². The van der Waals surface area contributed by atoms with Gasteiger partial charge < -0.3 is 10.6 Å². The van der Waals surface area contributed by atoms with Crippen LogP contribution >= 0.6 is 11.6 Å². The fraction of sp³-hybridized carbons (Fsp3) is 0.500. The van der Waals surface area contributed by atoms with E-state index in [-0.39, 0.29) is 10.7 Å². The van der Waals surface area contributed by atoms with Gasteiger partial charge in [-0.25, -0.2) is 0 Å². The molecule has 2 aromatic rings. The summed E-state index contributed by atoms with van der Waals surface area (Å²) in [5, 5.41) is 5.72. The minimum Gasteiger partial charge on any atom is -0.374 e. The zero-order valence-electron chi connectivity index (χ0n) is 18.5. The molecule has 4 bridgehead atoms. The smallest absolute Gasteiger partial charge is 0.374 e. The van der Waals surface area contributed by atoms with Gasteiger partial charge in [0.1, 0.15) is 6.04 Å². The standard InChI is InChI=1S/C26H28ClF3N2O/c1-15(24(33)32-23-11-20(26(28,29)30)4-7-22(23)27)31-21-5-2-19(3-6-21)25-12-16-8-17(13-25)10-18(9-16)14-25/h2-7,11,15-18,31H,8-10,12-14H2,1H3,(H,32,33)/t15-,16?,17?,18?,25?/m1/s1. The van der Waals surface area contributed by atoms with Gasteiger partial charge in [-0.15, -0.1) is 0 Å². The van der Waals surface area contributed by atoms with Crippen LogP contribution in [0.2, 0.25) is 5.02 Å². The number of nitrogens with one attached hydrogen (secondary N) is 2. The lowest BCUT2D eigenvalue weighted by molar-refractivity contribution is -0.137. The summed E-state index contributed by atoms with van der Waals surface area (Å²) in [4.78, 5) is 12.6. The van der Waals surface area contributed by atoms with E-state index < -0.39 is 23.7 Å². The molecule has 1 amide bonds. The summed E-state index contributed by atoms with van der Waals surface area (Å²) in [5.41, 5.74) is 1.61. The predicted octanol–water partition coefficient (Wildman–Crippen LogP) is 7.27. The maximum absolute atomic E-state index is 13.0. The van der Waals surface area contributed by atoms with Crippen LogP contribution in [-0.2, 0) is 16.4 Å². The molecule has 0 heterocycles. The molecule has 2 N–H and O–H groups in total. The van der Waals surface area contributed by atoms with Crippen molar-refractivity contribution in [3.05, 3.63) is 58.6 Å².